The van der Waals surface area contributed by atoms with Crippen molar-refractivity contribution in [2.45, 2.75) is 70.2 Å². The van der Waals surface area contributed by atoms with Gasteiger partial charge < -0.3 is 0 Å². The first-order valence-electron chi connectivity index (χ1n) is 7.10. The number of hydrogen-bond acceptors (Lipinski definition) is 0. The third-order valence-electron chi connectivity index (χ3n) is 4.51. The van der Waals surface area contributed by atoms with Crippen molar-refractivity contribution in [2.24, 2.45) is 17.8 Å². The summed E-state index contributed by atoms with van der Waals surface area (Å²) in [5, 5.41) is 4.59. The molecule has 0 heterocycles. The van der Waals surface area contributed by atoms with Crippen molar-refractivity contribution in [3.05, 3.63) is 0 Å². The molecule has 0 nitrogen and oxygen atoms in total. The van der Waals surface area contributed by atoms with Crippen LogP contribution in [0.2, 0.25) is 15.8 Å². The van der Waals surface area contributed by atoms with Crippen LogP contribution in [0.3, 0.4) is 0 Å². The maximum Gasteiger partial charge on any atom is 0.261 e. The van der Waals surface area contributed by atoms with Crippen molar-refractivity contribution >= 4 is 14.1 Å². The molecule has 0 N–H and O–H groups in total. The zero-order valence-electron chi connectivity index (χ0n) is 11.8. The fraction of sp³-hybridized carbons (Fsp3) is 1.00. The molecule has 0 radical (unpaired) electrons. The van der Waals surface area contributed by atoms with E-state index in [1.165, 1.54) is 23.4 Å². The van der Waals surface area contributed by atoms with E-state index in [0.717, 1.165) is 17.8 Å². The van der Waals surface area contributed by atoms with Gasteiger partial charge in [0.15, 0.2) is 0 Å². The Balaban J connectivity index is 4.35. The van der Waals surface area contributed by atoms with Crippen LogP contribution in [0.5, 0.6) is 0 Å². The van der Waals surface area contributed by atoms with E-state index in [0.29, 0.717) is 0 Å². The fourth-order valence-corrected chi connectivity index (χ4v) is 5.58. The molecule has 2 atom stereocenters. The predicted octanol–water partition coefficient (Wildman–Crippen LogP) is 5.23. The maximum absolute atomic E-state index is 2.47. The van der Waals surface area contributed by atoms with E-state index in [1.807, 2.05) is 0 Å². The van der Waals surface area contributed by atoms with Gasteiger partial charge in [-0.05, 0) is 17.8 Å². The van der Waals surface area contributed by atoms with Gasteiger partial charge in [0, 0.05) is 0 Å². The van der Waals surface area contributed by atoms with Gasteiger partial charge in [-0.15, -0.1) is 0 Å². The molecule has 0 aromatic carbocycles. The summed E-state index contributed by atoms with van der Waals surface area (Å²) in [6.45, 7) is 14.5. The van der Waals surface area contributed by atoms with E-state index >= 15 is 0 Å². The highest BCUT2D eigenvalue weighted by molar-refractivity contribution is 6.58. The lowest BCUT2D eigenvalue weighted by molar-refractivity contribution is 0.265. The first-order valence-corrected chi connectivity index (χ1v) is 9.55. The zero-order chi connectivity index (χ0) is 11.8. The Hall–Kier alpha value is 0.532. The molecule has 0 fully saturated rings. The van der Waals surface area contributed by atoms with E-state index in [9.17, 15) is 0 Å². The highest BCUT2D eigenvalue weighted by Crippen LogP contribution is 2.31. The Kier molecular flexibility index (Phi) is 8.97. The third kappa shape index (κ3) is 5.41. The summed E-state index contributed by atoms with van der Waals surface area (Å²) in [5.74, 6) is 2.89. The number of hydrogen-bond donors (Lipinski definition) is 0. The van der Waals surface area contributed by atoms with Gasteiger partial charge in [0.1, 0.15) is 0 Å². The molecule has 0 rings (SSSR count). The zero-order valence-corrected chi connectivity index (χ0v) is 13.0. The first kappa shape index (κ1) is 15.5. The molecule has 0 saturated heterocycles. The molecule has 0 aromatic rings. The predicted molar refractivity (Wildman–Crippen MR) is 73.9 cm³/mol. The molecule has 0 aliphatic carbocycles. The van der Waals surface area contributed by atoms with Crippen LogP contribution in [0, 0.1) is 17.8 Å². The summed E-state index contributed by atoms with van der Waals surface area (Å²) in [4.78, 5) is 0. The third-order valence-corrected chi connectivity index (χ3v) is 8.03. The van der Waals surface area contributed by atoms with Crippen molar-refractivity contribution < 1.29 is 0 Å². The molecule has 2 unspecified atom stereocenters. The smallest absolute Gasteiger partial charge is 0.0967 e. The van der Waals surface area contributed by atoms with Crippen LogP contribution >= 0.6 is 0 Å². The molecular weight excluding hydrogens is 195 g/mol. The van der Waals surface area contributed by atoms with Crippen molar-refractivity contribution in [1.82, 2.24) is 0 Å². The Labute approximate surface area is 102 Å². The Morgan fingerprint density at radius 3 is 1.47 bits per heavy atom. The summed E-state index contributed by atoms with van der Waals surface area (Å²) in [5.41, 5.74) is 0. The second-order valence-corrected chi connectivity index (χ2v) is 9.19. The Morgan fingerprint density at radius 1 is 0.800 bits per heavy atom. The SMILES string of the molecule is CCC(C)C([CH2][Al]([CH2]C)[CH2]C)C(C)CC. The minimum absolute atomic E-state index is 0.390. The van der Waals surface area contributed by atoms with Crippen molar-refractivity contribution in [3.8, 4) is 0 Å². The molecular formula is C14H31Al. The van der Waals surface area contributed by atoms with Gasteiger partial charge in [-0.2, -0.15) is 0 Å². The monoisotopic (exact) mass is 226 g/mol. The molecule has 1 heteroatoms. The molecule has 0 aliphatic rings. The van der Waals surface area contributed by atoms with Gasteiger partial charge in [-0.3, -0.25) is 0 Å². The minimum atomic E-state index is -0.390. The van der Waals surface area contributed by atoms with E-state index in [1.54, 1.807) is 5.28 Å². The number of rotatable bonds is 8. The lowest BCUT2D eigenvalue weighted by Crippen LogP contribution is -2.25. The fourth-order valence-electron chi connectivity index (χ4n) is 2.64. The first-order chi connectivity index (χ1) is 7.10. The molecule has 90 valence electrons. The van der Waals surface area contributed by atoms with Crippen LogP contribution in [-0.4, -0.2) is 14.1 Å². The molecule has 0 aliphatic heterocycles. The molecule has 0 saturated carbocycles. The van der Waals surface area contributed by atoms with Crippen LogP contribution in [0.1, 0.15) is 54.4 Å². The quantitative estimate of drug-likeness (QED) is 0.497. The second-order valence-electron chi connectivity index (χ2n) is 5.35. The minimum Gasteiger partial charge on any atom is -0.0967 e. The van der Waals surface area contributed by atoms with Gasteiger partial charge in [-0.25, -0.2) is 0 Å². The van der Waals surface area contributed by atoms with Crippen molar-refractivity contribution in [1.29, 1.82) is 0 Å². The second kappa shape index (κ2) is 8.66. The van der Waals surface area contributed by atoms with Crippen LogP contribution in [-0.2, 0) is 0 Å². The van der Waals surface area contributed by atoms with E-state index < -0.39 is 14.1 Å². The molecule has 15 heavy (non-hydrogen) atoms. The highest BCUT2D eigenvalue weighted by atomic mass is 27.2. The lowest BCUT2D eigenvalue weighted by Gasteiger charge is -2.30. The Morgan fingerprint density at radius 2 is 1.20 bits per heavy atom. The normalized spacial score (nSPS) is 17.2. The van der Waals surface area contributed by atoms with E-state index in [2.05, 4.69) is 41.5 Å². The summed E-state index contributed by atoms with van der Waals surface area (Å²) < 4.78 is 0. The highest BCUT2D eigenvalue weighted by Gasteiger charge is 2.26. The largest absolute Gasteiger partial charge is 0.261 e. The van der Waals surface area contributed by atoms with Crippen LogP contribution < -0.4 is 0 Å². The average molecular weight is 226 g/mol. The lowest BCUT2D eigenvalue weighted by atomic mass is 9.82. The molecule has 0 amide bonds. The molecule has 0 bridgehead atoms. The van der Waals surface area contributed by atoms with Gasteiger partial charge in [0.2, 0.25) is 0 Å². The molecule has 0 spiro atoms. The van der Waals surface area contributed by atoms with E-state index in [-0.39, 0.29) is 0 Å². The van der Waals surface area contributed by atoms with E-state index in [4.69, 9.17) is 0 Å². The maximum atomic E-state index is 2.47. The van der Waals surface area contributed by atoms with Crippen molar-refractivity contribution in [3.63, 3.8) is 0 Å². The summed E-state index contributed by atoms with van der Waals surface area (Å²) in [6.07, 6.45) is 2.73. The summed E-state index contributed by atoms with van der Waals surface area (Å²) in [6, 6.07) is 0. The summed E-state index contributed by atoms with van der Waals surface area (Å²) >= 11 is -0.390. The van der Waals surface area contributed by atoms with Crippen molar-refractivity contribution in [2.75, 3.05) is 0 Å². The van der Waals surface area contributed by atoms with Crippen LogP contribution in [0.15, 0.2) is 0 Å². The van der Waals surface area contributed by atoms with Gasteiger partial charge in [-0.1, -0.05) is 70.2 Å². The van der Waals surface area contributed by atoms with Crippen LogP contribution in [0.4, 0.5) is 0 Å². The molecule has 0 aromatic heterocycles. The average Bonchev–Trinajstić information content (AvgIpc) is 2.29. The standard InChI is InChI=1S/C10H21.2C2H5.Al/c1-6-8(3)10(5)9(4)7-2;2*1-2;/h8-10H,5-7H2,1-4H3;2*1H2,2H3;. The van der Waals surface area contributed by atoms with Gasteiger partial charge >= 0.3 is 0 Å². The topological polar surface area (TPSA) is 0 Å². The van der Waals surface area contributed by atoms with Gasteiger partial charge in [0.05, 0.1) is 0 Å². The van der Waals surface area contributed by atoms with Crippen LogP contribution in [0.25, 0.3) is 0 Å². The van der Waals surface area contributed by atoms with Gasteiger partial charge in [0.25, 0.3) is 14.1 Å². The Bertz CT molecular complexity index is 130. The summed E-state index contributed by atoms with van der Waals surface area (Å²) in [7, 11) is 0.